The summed E-state index contributed by atoms with van der Waals surface area (Å²) in [6.45, 7) is 0. The first-order chi connectivity index (χ1) is 13.4. The highest BCUT2D eigenvalue weighted by molar-refractivity contribution is 6.37. The molecule has 0 bridgehead atoms. The molecule has 0 aromatic heterocycles. The van der Waals surface area contributed by atoms with E-state index in [0.29, 0.717) is 32.8 Å². The molecule has 2 atom stereocenters. The molecular formula is C19H14Cl2N2O5. The van der Waals surface area contributed by atoms with Crippen LogP contribution in [0.25, 0.3) is 0 Å². The Balaban J connectivity index is 1.71. The van der Waals surface area contributed by atoms with Gasteiger partial charge in [-0.25, -0.2) is 4.90 Å². The van der Waals surface area contributed by atoms with Crippen LogP contribution in [0.15, 0.2) is 41.6 Å². The molecular weight excluding hydrogens is 407 g/mol. The first kappa shape index (κ1) is 18.6. The number of imide groups is 1. The van der Waals surface area contributed by atoms with Crippen LogP contribution in [0.4, 0.5) is 5.69 Å². The lowest BCUT2D eigenvalue weighted by Crippen LogP contribution is -2.33. The molecule has 2 aromatic carbocycles. The van der Waals surface area contributed by atoms with Crippen molar-refractivity contribution in [3.8, 4) is 11.5 Å². The molecule has 0 saturated carbocycles. The van der Waals surface area contributed by atoms with Crippen LogP contribution >= 0.6 is 23.2 Å². The van der Waals surface area contributed by atoms with Crippen LogP contribution in [0, 0.1) is 5.92 Å². The zero-order valence-electron chi connectivity index (χ0n) is 14.8. The predicted molar refractivity (Wildman–Crippen MR) is 103 cm³/mol. The maximum absolute atomic E-state index is 13.1. The standard InChI is InChI=1S/C19H14Cl2N2O5/c1-26-13-4-3-9(5-14(13)27-2)16-15-17(28-22-16)19(25)23(18(15)24)12-7-10(20)6-11(21)8-12/h3-8,15,17H,1-2H3/t15-,17+/m1/s1. The van der Waals surface area contributed by atoms with Crippen LogP contribution in [0.2, 0.25) is 10.0 Å². The molecule has 0 spiro atoms. The van der Waals surface area contributed by atoms with Crippen molar-refractivity contribution in [2.75, 3.05) is 19.1 Å². The SMILES string of the molecule is COc1ccc(C2=NO[C@@H]3C(=O)N(c4cc(Cl)cc(Cl)c4)C(=O)[C@H]23)cc1OC. The maximum Gasteiger partial charge on any atom is 0.278 e. The number of nitrogens with zero attached hydrogens (tertiary/aromatic N) is 2. The lowest BCUT2D eigenvalue weighted by molar-refractivity contribution is -0.126. The summed E-state index contributed by atoms with van der Waals surface area (Å²) in [7, 11) is 3.03. The highest BCUT2D eigenvalue weighted by Crippen LogP contribution is 2.38. The van der Waals surface area contributed by atoms with Gasteiger partial charge in [0.1, 0.15) is 11.6 Å². The molecule has 0 aliphatic carbocycles. The normalized spacial score (nSPS) is 20.7. The third-order valence-electron chi connectivity index (χ3n) is 4.60. The molecule has 0 N–H and O–H groups in total. The zero-order valence-corrected chi connectivity index (χ0v) is 16.3. The lowest BCUT2D eigenvalue weighted by atomic mass is 9.94. The molecule has 9 heteroatoms. The Morgan fingerprint density at radius 3 is 2.29 bits per heavy atom. The maximum atomic E-state index is 13.1. The number of carbonyl (C=O) groups excluding carboxylic acids is 2. The summed E-state index contributed by atoms with van der Waals surface area (Å²) in [5, 5.41) is 4.61. The Morgan fingerprint density at radius 1 is 0.964 bits per heavy atom. The summed E-state index contributed by atoms with van der Waals surface area (Å²) in [6, 6.07) is 9.61. The number of methoxy groups -OCH3 is 2. The molecule has 2 amide bonds. The van der Waals surface area contributed by atoms with Gasteiger partial charge in [0.15, 0.2) is 11.5 Å². The first-order valence-electron chi connectivity index (χ1n) is 8.24. The van der Waals surface area contributed by atoms with Crippen molar-refractivity contribution in [3.63, 3.8) is 0 Å². The number of amides is 2. The first-order valence-corrected chi connectivity index (χ1v) is 9.00. The van der Waals surface area contributed by atoms with E-state index >= 15 is 0 Å². The van der Waals surface area contributed by atoms with Gasteiger partial charge in [0.05, 0.1) is 19.9 Å². The van der Waals surface area contributed by atoms with Gasteiger partial charge in [0.25, 0.3) is 5.91 Å². The van der Waals surface area contributed by atoms with Gasteiger partial charge in [-0.2, -0.15) is 0 Å². The van der Waals surface area contributed by atoms with Gasteiger partial charge >= 0.3 is 0 Å². The minimum atomic E-state index is -1.03. The molecule has 144 valence electrons. The zero-order chi connectivity index (χ0) is 20.0. The van der Waals surface area contributed by atoms with Gasteiger partial charge in [-0.1, -0.05) is 28.4 Å². The number of anilines is 1. The minimum absolute atomic E-state index is 0.289. The van der Waals surface area contributed by atoms with E-state index in [1.54, 1.807) is 18.2 Å². The van der Waals surface area contributed by atoms with E-state index in [4.69, 9.17) is 37.5 Å². The van der Waals surface area contributed by atoms with E-state index in [0.717, 1.165) is 4.90 Å². The third kappa shape index (κ3) is 2.87. The summed E-state index contributed by atoms with van der Waals surface area (Å²) in [4.78, 5) is 32.2. The average Bonchev–Trinajstić information content (AvgIpc) is 3.20. The van der Waals surface area contributed by atoms with Crippen molar-refractivity contribution in [1.29, 1.82) is 0 Å². The Morgan fingerprint density at radius 2 is 1.64 bits per heavy atom. The monoisotopic (exact) mass is 420 g/mol. The van der Waals surface area contributed by atoms with E-state index in [-0.39, 0.29) is 5.69 Å². The van der Waals surface area contributed by atoms with Crippen molar-refractivity contribution in [2.45, 2.75) is 6.10 Å². The molecule has 7 nitrogen and oxygen atoms in total. The number of halogens is 2. The molecule has 2 aromatic rings. The molecule has 0 unspecified atom stereocenters. The fraction of sp³-hybridized carbons (Fsp3) is 0.211. The highest BCUT2D eigenvalue weighted by Gasteiger charge is 2.56. The molecule has 28 heavy (non-hydrogen) atoms. The van der Waals surface area contributed by atoms with Crippen LogP contribution in [-0.2, 0) is 14.4 Å². The van der Waals surface area contributed by atoms with Gasteiger partial charge in [-0.15, -0.1) is 0 Å². The van der Waals surface area contributed by atoms with Crippen LogP contribution in [-0.4, -0.2) is 37.8 Å². The second kappa shape index (κ2) is 7.00. The molecule has 1 fully saturated rings. The fourth-order valence-electron chi connectivity index (χ4n) is 3.33. The Labute approximate surface area is 170 Å². The van der Waals surface area contributed by atoms with Crippen molar-refractivity contribution < 1.29 is 23.9 Å². The number of carbonyl (C=O) groups is 2. The second-order valence-corrected chi connectivity index (χ2v) is 7.06. The van der Waals surface area contributed by atoms with Gasteiger partial charge in [-0.3, -0.25) is 9.59 Å². The Hall–Kier alpha value is -2.77. The predicted octanol–water partition coefficient (Wildman–Crippen LogP) is 3.30. The number of rotatable bonds is 4. The summed E-state index contributed by atoms with van der Waals surface area (Å²) >= 11 is 12.0. The highest BCUT2D eigenvalue weighted by atomic mass is 35.5. The summed E-state index contributed by atoms with van der Waals surface area (Å²) in [5.74, 6) is -0.844. The van der Waals surface area contributed by atoms with Crippen molar-refractivity contribution in [2.24, 2.45) is 11.1 Å². The Bertz CT molecular complexity index is 1000. The van der Waals surface area contributed by atoms with Gasteiger partial charge in [0, 0.05) is 15.6 Å². The van der Waals surface area contributed by atoms with E-state index in [1.807, 2.05) is 0 Å². The fourth-order valence-corrected chi connectivity index (χ4v) is 3.85. The minimum Gasteiger partial charge on any atom is -0.493 e. The summed E-state index contributed by atoms with van der Waals surface area (Å²) < 4.78 is 10.5. The number of hydrogen-bond donors (Lipinski definition) is 0. The van der Waals surface area contributed by atoms with Crippen LogP contribution in [0.5, 0.6) is 11.5 Å². The number of oxime groups is 1. The Kier molecular flexibility index (Phi) is 4.64. The van der Waals surface area contributed by atoms with Gasteiger partial charge in [0.2, 0.25) is 12.0 Å². The van der Waals surface area contributed by atoms with Crippen LogP contribution < -0.4 is 14.4 Å². The number of hydrogen-bond acceptors (Lipinski definition) is 6. The summed E-state index contributed by atoms with van der Waals surface area (Å²) in [6.07, 6.45) is -1.03. The van der Waals surface area contributed by atoms with Crippen LogP contribution in [0.3, 0.4) is 0 Å². The third-order valence-corrected chi connectivity index (χ3v) is 5.03. The van der Waals surface area contributed by atoms with Crippen molar-refractivity contribution in [1.82, 2.24) is 0 Å². The van der Waals surface area contributed by atoms with Crippen molar-refractivity contribution >= 4 is 46.4 Å². The largest absolute Gasteiger partial charge is 0.493 e. The van der Waals surface area contributed by atoms with E-state index in [9.17, 15) is 9.59 Å². The lowest BCUT2D eigenvalue weighted by Gasteiger charge is -2.16. The van der Waals surface area contributed by atoms with E-state index in [2.05, 4.69) is 5.16 Å². The second-order valence-electron chi connectivity index (χ2n) is 6.19. The number of fused-ring (bicyclic) bond motifs is 1. The van der Waals surface area contributed by atoms with Gasteiger partial charge in [-0.05, 0) is 36.4 Å². The van der Waals surface area contributed by atoms with E-state index in [1.165, 1.54) is 32.4 Å². The van der Waals surface area contributed by atoms with E-state index < -0.39 is 23.8 Å². The molecule has 2 aliphatic heterocycles. The molecule has 2 heterocycles. The summed E-state index contributed by atoms with van der Waals surface area (Å²) in [5.41, 5.74) is 1.23. The van der Waals surface area contributed by atoms with Gasteiger partial charge < -0.3 is 14.3 Å². The number of benzene rings is 2. The average molecular weight is 421 g/mol. The van der Waals surface area contributed by atoms with Crippen molar-refractivity contribution in [3.05, 3.63) is 52.0 Å². The molecule has 4 rings (SSSR count). The quantitative estimate of drug-likeness (QED) is 0.709. The van der Waals surface area contributed by atoms with Crippen LogP contribution in [0.1, 0.15) is 5.56 Å². The molecule has 0 radical (unpaired) electrons. The smallest absolute Gasteiger partial charge is 0.278 e. The topological polar surface area (TPSA) is 77.4 Å². The molecule has 1 saturated heterocycles. The molecule has 2 aliphatic rings. The number of ether oxygens (including phenoxy) is 2.